The van der Waals surface area contributed by atoms with E-state index in [9.17, 15) is 5.11 Å². The molecule has 0 aliphatic carbocycles. The van der Waals surface area contributed by atoms with Crippen LogP contribution in [0.5, 0.6) is 5.75 Å². The van der Waals surface area contributed by atoms with Crippen LogP contribution in [0.1, 0.15) is 19.8 Å². The lowest BCUT2D eigenvalue weighted by molar-refractivity contribution is 0.126. The molecule has 0 radical (unpaired) electrons. The number of nitrogens with zero attached hydrogens (tertiary/aromatic N) is 2. The van der Waals surface area contributed by atoms with Crippen LogP contribution in [0.4, 0.5) is 5.13 Å². The highest BCUT2D eigenvalue weighted by atomic mass is 32.2. The third-order valence-electron chi connectivity index (χ3n) is 2.80. The molecular formula is C15H21N3O2S2. The SMILES string of the molecule is CCCCNc1nnc(SC[C@H](O)COc2ccccc2)s1. The Kier molecular flexibility index (Phi) is 7.48. The molecule has 0 amide bonds. The lowest BCUT2D eigenvalue weighted by atomic mass is 10.3. The van der Waals surface area contributed by atoms with Gasteiger partial charge in [-0.05, 0) is 18.6 Å². The minimum atomic E-state index is -0.536. The molecule has 0 saturated heterocycles. The van der Waals surface area contributed by atoms with E-state index in [1.54, 1.807) is 0 Å². The van der Waals surface area contributed by atoms with Crippen molar-refractivity contribution in [2.24, 2.45) is 0 Å². The van der Waals surface area contributed by atoms with Gasteiger partial charge in [0.1, 0.15) is 12.4 Å². The number of unbranched alkanes of at least 4 members (excludes halogenated alkanes) is 1. The van der Waals surface area contributed by atoms with Crippen molar-refractivity contribution in [3.8, 4) is 5.75 Å². The van der Waals surface area contributed by atoms with E-state index < -0.39 is 6.10 Å². The quantitative estimate of drug-likeness (QED) is 0.511. The van der Waals surface area contributed by atoms with Crippen LogP contribution < -0.4 is 10.1 Å². The molecule has 1 atom stereocenters. The third-order valence-corrected chi connectivity index (χ3v) is 4.96. The van der Waals surface area contributed by atoms with Crippen LogP contribution in [0.2, 0.25) is 0 Å². The van der Waals surface area contributed by atoms with Crippen molar-refractivity contribution in [2.45, 2.75) is 30.2 Å². The highest BCUT2D eigenvalue weighted by molar-refractivity contribution is 8.01. The molecule has 0 fully saturated rings. The van der Waals surface area contributed by atoms with Gasteiger partial charge in [0.2, 0.25) is 5.13 Å². The zero-order valence-corrected chi connectivity index (χ0v) is 14.2. The van der Waals surface area contributed by atoms with Gasteiger partial charge in [-0.1, -0.05) is 54.6 Å². The molecule has 2 aromatic rings. The Balaban J connectivity index is 1.66. The second-order valence-corrected chi connectivity index (χ2v) is 6.99. The zero-order valence-electron chi connectivity index (χ0n) is 12.6. The van der Waals surface area contributed by atoms with Gasteiger partial charge in [0.25, 0.3) is 0 Å². The maximum Gasteiger partial charge on any atom is 0.206 e. The molecule has 0 aliphatic heterocycles. The summed E-state index contributed by atoms with van der Waals surface area (Å²) in [6, 6.07) is 9.49. The third kappa shape index (κ3) is 6.21. The summed E-state index contributed by atoms with van der Waals surface area (Å²) >= 11 is 3.02. The molecule has 5 nitrogen and oxygen atoms in total. The van der Waals surface area contributed by atoms with Gasteiger partial charge in [-0.3, -0.25) is 0 Å². The highest BCUT2D eigenvalue weighted by Gasteiger charge is 2.10. The summed E-state index contributed by atoms with van der Waals surface area (Å²) in [4.78, 5) is 0. The number of rotatable bonds is 10. The van der Waals surface area contributed by atoms with Crippen LogP contribution in [0.3, 0.4) is 0 Å². The van der Waals surface area contributed by atoms with Crippen LogP contribution in [0.15, 0.2) is 34.7 Å². The number of thioether (sulfide) groups is 1. The minimum absolute atomic E-state index is 0.275. The molecule has 0 bridgehead atoms. The van der Waals surface area contributed by atoms with E-state index in [1.165, 1.54) is 23.1 Å². The van der Waals surface area contributed by atoms with Crippen LogP contribution >= 0.6 is 23.1 Å². The summed E-state index contributed by atoms with van der Waals surface area (Å²) in [6.45, 7) is 3.35. The number of aliphatic hydroxyl groups excluding tert-OH is 1. The Bertz CT molecular complexity index is 537. The molecular weight excluding hydrogens is 318 g/mol. The fourth-order valence-corrected chi connectivity index (χ4v) is 3.35. The Labute approximate surface area is 139 Å². The first kappa shape index (κ1) is 17.1. The second kappa shape index (κ2) is 9.66. The van der Waals surface area contributed by atoms with E-state index in [4.69, 9.17) is 4.74 Å². The maximum absolute atomic E-state index is 9.95. The molecule has 2 N–H and O–H groups in total. The summed E-state index contributed by atoms with van der Waals surface area (Å²) < 4.78 is 6.38. The smallest absolute Gasteiger partial charge is 0.206 e. The maximum atomic E-state index is 9.95. The predicted molar refractivity (Wildman–Crippen MR) is 92.0 cm³/mol. The standard InChI is InChI=1S/C15H21N3O2S2/c1-2-3-9-16-14-17-18-15(22-14)21-11-12(19)10-20-13-7-5-4-6-8-13/h4-8,12,19H,2-3,9-11H2,1H3,(H,16,17)/t12-/m1/s1. The molecule has 120 valence electrons. The van der Waals surface area contributed by atoms with E-state index in [0.29, 0.717) is 5.75 Å². The Hall–Kier alpha value is -1.31. The van der Waals surface area contributed by atoms with Gasteiger partial charge in [0.05, 0.1) is 6.10 Å². The number of aliphatic hydroxyl groups is 1. The molecule has 0 spiro atoms. The number of hydrogen-bond donors (Lipinski definition) is 2. The van der Waals surface area contributed by atoms with E-state index in [-0.39, 0.29) is 6.61 Å². The van der Waals surface area contributed by atoms with Crippen molar-refractivity contribution >= 4 is 28.2 Å². The Morgan fingerprint density at radius 1 is 1.32 bits per heavy atom. The summed E-state index contributed by atoms with van der Waals surface area (Å²) in [7, 11) is 0. The average molecular weight is 339 g/mol. The number of nitrogens with one attached hydrogen (secondary N) is 1. The number of hydrogen-bond acceptors (Lipinski definition) is 7. The summed E-state index contributed by atoms with van der Waals surface area (Å²) in [5.41, 5.74) is 0. The van der Waals surface area contributed by atoms with Gasteiger partial charge < -0.3 is 15.2 Å². The minimum Gasteiger partial charge on any atom is -0.491 e. The first-order valence-corrected chi connectivity index (χ1v) is 9.14. The molecule has 1 heterocycles. The van der Waals surface area contributed by atoms with Crippen LogP contribution in [0, 0.1) is 0 Å². The van der Waals surface area contributed by atoms with Crippen molar-refractivity contribution in [1.29, 1.82) is 0 Å². The number of aromatic nitrogens is 2. The van der Waals surface area contributed by atoms with Gasteiger partial charge in [-0.2, -0.15) is 0 Å². The molecule has 7 heteroatoms. The average Bonchev–Trinajstić information content (AvgIpc) is 3.00. The van der Waals surface area contributed by atoms with Gasteiger partial charge in [-0.25, -0.2) is 0 Å². The normalized spacial score (nSPS) is 12.1. The van der Waals surface area contributed by atoms with Crippen LogP contribution in [-0.4, -0.2) is 40.3 Å². The monoisotopic (exact) mass is 339 g/mol. The van der Waals surface area contributed by atoms with Crippen LogP contribution in [0.25, 0.3) is 0 Å². The number of para-hydroxylation sites is 1. The first-order valence-electron chi connectivity index (χ1n) is 7.34. The summed E-state index contributed by atoms with van der Waals surface area (Å²) in [5.74, 6) is 1.31. The summed E-state index contributed by atoms with van der Waals surface area (Å²) in [5, 5.41) is 22.2. The highest BCUT2D eigenvalue weighted by Crippen LogP contribution is 2.26. The molecule has 2 rings (SSSR count). The largest absolute Gasteiger partial charge is 0.491 e. The van der Waals surface area contributed by atoms with E-state index in [2.05, 4.69) is 22.4 Å². The fourth-order valence-electron chi connectivity index (χ4n) is 1.64. The Morgan fingerprint density at radius 2 is 2.14 bits per heavy atom. The Morgan fingerprint density at radius 3 is 2.91 bits per heavy atom. The topological polar surface area (TPSA) is 67.3 Å². The molecule has 1 aromatic carbocycles. The van der Waals surface area contributed by atoms with E-state index in [1.807, 2.05) is 30.3 Å². The lowest BCUT2D eigenvalue weighted by Crippen LogP contribution is -2.19. The molecule has 22 heavy (non-hydrogen) atoms. The molecule has 1 aromatic heterocycles. The zero-order chi connectivity index (χ0) is 15.6. The van der Waals surface area contributed by atoms with Gasteiger partial charge in [0, 0.05) is 12.3 Å². The van der Waals surface area contributed by atoms with Crippen molar-refractivity contribution in [3.63, 3.8) is 0 Å². The molecule has 0 unspecified atom stereocenters. The summed E-state index contributed by atoms with van der Waals surface area (Å²) in [6.07, 6.45) is 1.74. The number of ether oxygens (including phenoxy) is 1. The number of benzene rings is 1. The molecule has 0 saturated carbocycles. The van der Waals surface area contributed by atoms with Gasteiger partial charge in [0.15, 0.2) is 4.34 Å². The molecule has 0 aliphatic rings. The van der Waals surface area contributed by atoms with Crippen molar-refractivity contribution in [3.05, 3.63) is 30.3 Å². The van der Waals surface area contributed by atoms with E-state index in [0.717, 1.165) is 34.6 Å². The van der Waals surface area contributed by atoms with E-state index >= 15 is 0 Å². The van der Waals surface area contributed by atoms with Crippen LogP contribution in [-0.2, 0) is 0 Å². The predicted octanol–water partition coefficient (Wildman–Crippen LogP) is 3.28. The second-order valence-electron chi connectivity index (χ2n) is 4.74. The van der Waals surface area contributed by atoms with Gasteiger partial charge >= 0.3 is 0 Å². The fraction of sp³-hybridized carbons (Fsp3) is 0.467. The number of anilines is 1. The first-order chi connectivity index (χ1) is 10.8. The van der Waals surface area contributed by atoms with Crippen molar-refractivity contribution in [2.75, 3.05) is 24.2 Å². The van der Waals surface area contributed by atoms with Crippen molar-refractivity contribution in [1.82, 2.24) is 10.2 Å². The van der Waals surface area contributed by atoms with Gasteiger partial charge in [-0.15, -0.1) is 10.2 Å². The van der Waals surface area contributed by atoms with Crippen molar-refractivity contribution < 1.29 is 9.84 Å². The lowest BCUT2D eigenvalue weighted by Gasteiger charge is -2.10.